The van der Waals surface area contributed by atoms with Gasteiger partial charge in [-0.1, -0.05) is 13.8 Å². The standard InChI is InChI=1S/C8H14N2O2/c1-5(2)7-8(12)10(3)4-6(11)9-7/h5,7H,4H2,1-3H3,(H,9,11)/t7-/m1/s1. The van der Waals surface area contributed by atoms with E-state index >= 15 is 0 Å². The van der Waals surface area contributed by atoms with Gasteiger partial charge < -0.3 is 10.2 Å². The lowest BCUT2D eigenvalue weighted by molar-refractivity contribution is -0.144. The van der Waals surface area contributed by atoms with Crippen molar-refractivity contribution in [1.82, 2.24) is 10.2 Å². The quantitative estimate of drug-likeness (QED) is 0.582. The van der Waals surface area contributed by atoms with Crippen LogP contribution in [0.5, 0.6) is 0 Å². The molecule has 1 heterocycles. The first-order chi connectivity index (χ1) is 5.52. The molecule has 4 heteroatoms. The third-order valence-electron chi connectivity index (χ3n) is 2.01. The van der Waals surface area contributed by atoms with Crippen molar-refractivity contribution in [1.29, 1.82) is 0 Å². The van der Waals surface area contributed by atoms with E-state index in [0.717, 1.165) is 0 Å². The first-order valence-corrected chi connectivity index (χ1v) is 4.06. The van der Waals surface area contributed by atoms with Crippen molar-refractivity contribution in [2.24, 2.45) is 5.92 Å². The number of nitrogens with one attached hydrogen (secondary N) is 1. The van der Waals surface area contributed by atoms with Crippen LogP contribution in [-0.2, 0) is 9.59 Å². The summed E-state index contributed by atoms with van der Waals surface area (Å²) in [5.41, 5.74) is 0. The van der Waals surface area contributed by atoms with Crippen LogP contribution >= 0.6 is 0 Å². The van der Waals surface area contributed by atoms with Gasteiger partial charge in [-0.2, -0.15) is 0 Å². The number of piperazine rings is 1. The van der Waals surface area contributed by atoms with Gasteiger partial charge in [0.05, 0.1) is 6.54 Å². The molecule has 0 unspecified atom stereocenters. The summed E-state index contributed by atoms with van der Waals surface area (Å²) in [5.74, 6) is 0.0876. The van der Waals surface area contributed by atoms with Crippen LogP contribution in [0.1, 0.15) is 13.8 Å². The van der Waals surface area contributed by atoms with Crippen LogP contribution in [0.4, 0.5) is 0 Å². The van der Waals surface area contributed by atoms with Gasteiger partial charge >= 0.3 is 0 Å². The van der Waals surface area contributed by atoms with Gasteiger partial charge in [0.2, 0.25) is 11.8 Å². The van der Waals surface area contributed by atoms with Gasteiger partial charge in [0.25, 0.3) is 0 Å². The van der Waals surface area contributed by atoms with Crippen LogP contribution in [0.15, 0.2) is 0 Å². The Labute approximate surface area is 71.9 Å². The molecule has 0 radical (unpaired) electrons. The van der Waals surface area contributed by atoms with Crippen LogP contribution in [-0.4, -0.2) is 36.3 Å². The topological polar surface area (TPSA) is 49.4 Å². The van der Waals surface area contributed by atoms with Crippen LogP contribution in [0.25, 0.3) is 0 Å². The number of amides is 2. The minimum atomic E-state index is -0.337. The fourth-order valence-corrected chi connectivity index (χ4v) is 1.26. The highest BCUT2D eigenvalue weighted by atomic mass is 16.2. The predicted molar refractivity (Wildman–Crippen MR) is 44.4 cm³/mol. The number of rotatable bonds is 1. The van der Waals surface area contributed by atoms with Crippen molar-refractivity contribution in [2.75, 3.05) is 13.6 Å². The molecule has 0 saturated carbocycles. The summed E-state index contributed by atoms with van der Waals surface area (Å²) >= 11 is 0. The van der Waals surface area contributed by atoms with Crippen molar-refractivity contribution in [3.05, 3.63) is 0 Å². The number of hydrogen-bond acceptors (Lipinski definition) is 2. The normalized spacial score (nSPS) is 24.7. The third-order valence-corrected chi connectivity index (χ3v) is 2.01. The summed E-state index contributed by atoms with van der Waals surface area (Å²) in [6, 6.07) is -0.337. The Morgan fingerprint density at radius 3 is 2.58 bits per heavy atom. The average molecular weight is 170 g/mol. The van der Waals surface area contributed by atoms with Gasteiger partial charge in [-0.15, -0.1) is 0 Å². The van der Waals surface area contributed by atoms with E-state index in [1.54, 1.807) is 7.05 Å². The summed E-state index contributed by atoms with van der Waals surface area (Å²) < 4.78 is 0. The largest absolute Gasteiger partial charge is 0.343 e. The smallest absolute Gasteiger partial charge is 0.245 e. The minimum Gasteiger partial charge on any atom is -0.343 e. The maximum atomic E-state index is 11.4. The van der Waals surface area contributed by atoms with Gasteiger partial charge in [-0.3, -0.25) is 9.59 Å². The van der Waals surface area contributed by atoms with Gasteiger partial charge in [0.15, 0.2) is 0 Å². The van der Waals surface area contributed by atoms with Crippen molar-refractivity contribution in [3.63, 3.8) is 0 Å². The molecule has 0 aromatic carbocycles. The second-order valence-electron chi connectivity index (χ2n) is 3.48. The molecule has 1 saturated heterocycles. The number of nitrogens with zero attached hydrogens (tertiary/aromatic N) is 1. The fraction of sp³-hybridized carbons (Fsp3) is 0.750. The highest BCUT2D eigenvalue weighted by molar-refractivity contribution is 5.94. The molecule has 4 nitrogen and oxygen atoms in total. The molecule has 12 heavy (non-hydrogen) atoms. The zero-order chi connectivity index (χ0) is 9.30. The molecular formula is C8H14N2O2. The summed E-state index contributed by atoms with van der Waals surface area (Å²) in [6.07, 6.45) is 0. The Morgan fingerprint density at radius 1 is 1.50 bits per heavy atom. The van der Waals surface area contributed by atoms with Crippen molar-refractivity contribution < 1.29 is 9.59 Å². The lowest BCUT2D eigenvalue weighted by atomic mass is 10.0. The molecular weight excluding hydrogens is 156 g/mol. The highest BCUT2D eigenvalue weighted by Gasteiger charge is 2.32. The van der Waals surface area contributed by atoms with E-state index in [-0.39, 0.29) is 30.3 Å². The zero-order valence-electron chi connectivity index (χ0n) is 7.63. The van der Waals surface area contributed by atoms with E-state index in [4.69, 9.17) is 0 Å². The van der Waals surface area contributed by atoms with E-state index in [2.05, 4.69) is 5.32 Å². The second kappa shape index (κ2) is 3.13. The highest BCUT2D eigenvalue weighted by Crippen LogP contribution is 2.08. The third kappa shape index (κ3) is 1.57. The zero-order valence-corrected chi connectivity index (χ0v) is 7.63. The Kier molecular flexibility index (Phi) is 2.35. The monoisotopic (exact) mass is 170 g/mol. The molecule has 1 aliphatic heterocycles. The maximum Gasteiger partial charge on any atom is 0.245 e. The fourth-order valence-electron chi connectivity index (χ4n) is 1.26. The van der Waals surface area contributed by atoms with Crippen LogP contribution in [0.3, 0.4) is 0 Å². The Balaban J connectivity index is 2.73. The summed E-state index contributed by atoms with van der Waals surface area (Å²) in [4.78, 5) is 23.9. The molecule has 0 spiro atoms. The van der Waals surface area contributed by atoms with Gasteiger partial charge in [-0.25, -0.2) is 0 Å². The first kappa shape index (κ1) is 9.03. The number of likely N-dealkylation sites (N-methyl/N-ethyl adjacent to an activating group) is 1. The molecule has 0 aromatic rings. The van der Waals surface area contributed by atoms with Gasteiger partial charge in [0.1, 0.15) is 6.04 Å². The number of carbonyl (C=O) groups excluding carboxylic acids is 2. The first-order valence-electron chi connectivity index (χ1n) is 4.06. The summed E-state index contributed by atoms with van der Waals surface area (Å²) in [6.45, 7) is 4.02. The van der Waals surface area contributed by atoms with Crippen molar-refractivity contribution in [2.45, 2.75) is 19.9 Å². The molecule has 68 valence electrons. The molecule has 0 aromatic heterocycles. The van der Waals surface area contributed by atoms with Gasteiger partial charge in [-0.05, 0) is 5.92 Å². The van der Waals surface area contributed by atoms with Crippen LogP contribution in [0.2, 0.25) is 0 Å². The van der Waals surface area contributed by atoms with Crippen molar-refractivity contribution >= 4 is 11.8 Å². The Hall–Kier alpha value is -1.06. The molecule has 1 rings (SSSR count). The van der Waals surface area contributed by atoms with E-state index in [0.29, 0.717) is 0 Å². The van der Waals surface area contributed by atoms with E-state index in [1.807, 2.05) is 13.8 Å². The summed E-state index contributed by atoms with van der Waals surface area (Å²) in [5, 5.41) is 2.67. The SMILES string of the molecule is CC(C)[C@H]1NC(=O)CN(C)C1=O. The predicted octanol–water partition coefficient (Wildman–Crippen LogP) is -0.401. The molecule has 0 aliphatic carbocycles. The lowest BCUT2D eigenvalue weighted by Crippen LogP contribution is -2.58. The van der Waals surface area contributed by atoms with Crippen molar-refractivity contribution in [3.8, 4) is 0 Å². The van der Waals surface area contributed by atoms with E-state index in [1.165, 1.54) is 4.90 Å². The Bertz CT molecular complexity index is 213. The molecule has 0 bridgehead atoms. The molecule has 1 aliphatic rings. The van der Waals surface area contributed by atoms with Gasteiger partial charge in [0, 0.05) is 7.05 Å². The molecule has 1 atom stereocenters. The number of hydrogen-bond donors (Lipinski definition) is 1. The number of carbonyl (C=O) groups is 2. The summed E-state index contributed by atoms with van der Waals surface area (Å²) in [7, 11) is 1.65. The second-order valence-corrected chi connectivity index (χ2v) is 3.48. The van der Waals surface area contributed by atoms with Crippen LogP contribution in [0, 0.1) is 5.92 Å². The molecule has 1 fully saturated rings. The lowest BCUT2D eigenvalue weighted by Gasteiger charge is -2.31. The molecule has 2 amide bonds. The minimum absolute atomic E-state index is 0.00426. The van der Waals surface area contributed by atoms with E-state index < -0.39 is 0 Å². The van der Waals surface area contributed by atoms with Crippen LogP contribution < -0.4 is 5.32 Å². The molecule has 1 N–H and O–H groups in total. The van der Waals surface area contributed by atoms with E-state index in [9.17, 15) is 9.59 Å². The average Bonchev–Trinajstić information content (AvgIpc) is 1.96. The Morgan fingerprint density at radius 2 is 2.08 bits per heavy atom. The maximum absolute atomic E-state index is 11.4.